The first-order chi connectivity index (χ1) is 9.60. The largest absolute Gasteiger partial charge is 0.486 e. The molecule has 0 amide bonds. The number of nitro benzene ring substituents is 1. The molecule has 7 heteroatoms. The van der Waals surface area contributed by atoms with E-state index >= 15 is 0 Å². The fraction of sp³-hybridized carbons (Fsp3) is 0.0769. The lowest BCUT2D eigenvalue weighted by molar-refractivity contribution is -0.384. The molecule has 0 unspecified atom stereocenters. The zero-order valence-corrected chi connectivity index (χ0v) is 11.7. The van der Waals surface area contributed by atoms with E-state index in [-0.39, 0.29) is 18.0 Å². The molecule has 2 aromatic rings. The van der Waals surface area contributed by atoms with Gasteiger partial charge >= 0.3 is 0 Å². The van der Waals surface area contributed by atoms with Crippen molar-refractivity contribution >= 4 is 27.9 Å². The first kappa shape index (κ1) is 14.1. The van der Waals surface area contributed by atoms with E-state index < -0.39 is 4.92 Å². The number of nitrogens with zero attached hydrogens (tertiary/aromatic N) is 2. The highest BCUT2D eigenvalue weighted by Crippen LogP contribution is 2.22. The summed E-state index contributed by atoms with van der Waals surface area (Å²) in [6, 6.07) is 7.73. The molecule has 0 atom stereocenters. The van der Waals surface area contributed by atoms with Crippen molar-refractivity contribution < 1.29 is 14.5 Å². The van der Waals surface area contributed by atoms with Gasteiger partial charge < -0.3 is 4.74 Å². The molecule has 1 heterocycles. The van der Waals surface area contributed by atoms with E-state index in [2.05, 4.69) is 20.9 Å². The number of halogens is 1. The molecule has 0 spiro atoms. The highest BCUT2D eigenvalue weighted by Gasteiger charge is 2.08. The van der Waals surface area contributed by atoms with Gasteiger partial charge in [0.05, 0.1) is 4.92 Å². The summed E-state index contributed by atoms with van der Waals surface area (Å²) in [5.74, 6) is 0.320. The summed E-state index contributed by atoms with van der Waals surface area (Å²) >= 11 is 3.23. The lowest BCUT2D eigenvalue weighted by Gasteiger charge is -2.08. The van der Waals surface area contributed by atoms with Gasteiger partial charge in [0, 0.05) is 22.8 Å². The van der Waals surface area contributed by atoms with Crippen LogP contribution in [0.3, 0.4) is 0 Å². The van der Waals surface area contributed by atoms with Crippen molar-refractivity contribution in [3.05, 3.63) is 62.4 Å². The summed E-state index contributed by atoms with van der Waals surface area (Å²) in [6.07, 6.45) is 2.08. The van der Waals surface area contributed by atoms with Gasteiger partial charge in [-0.2, -0.15) is 0 Å². The van der Waals surface area contributed by atoms with Crippen molar-refractivity contribution in [2.45, 2.75) is 6.61 Å². The van der Waals surface area contributed by atoms with Gasteiger partial charge in [0.2, 0.25) is 0 Å². The molecular formula is C13H9BrN2O4. The maximum atomic E-state index is 10.8. The SMILES string of the molecule is O=Cc1ncc(Br)cc1OCc1cccc([N+](=O)[O-])c1. The number of non-ortho nitro benzene ring substituents is 1. The van der Waals surface area contributed by atoms with E-state index in [4.69, 9.17) is 4.74 Å². The Morgan fingerprint density at radius 3 is 2.90 bits per heavy atom. The average Bonchev–Trinajstić information content (AvgIpc) is 2.45. The maximum absolute atomic E-state index is 10.8. The lowest BCUT2D eigenvalue weighted by Crippen LogP contribution is -2.00. The Hall–Kier alpha value is -2.28. The van der Waals surface area contributed by atoms with Crippen LogP contribution in [-0.2, 0) is 6.61 Å². The van der Waals surface area contributed by atoms with E-state index in [1.54, 1.807) is 18.2 Å². The number of rotatable bonds is 5. The number of aromatic nitrogens is 1. The molecule has 1 aromatic carbocycles. The highest BCUT2D eigenvalue weighted by molar-refractivity contribution is 9.10. The Morgan fingerprint density at radius 2 is 2.20 bits per heavy atom. The molecule has 0 saturated carbocycles. The summed E-state index contributed by atoms with van der Waals surface area (Å²) in [6.45, 7) is 0.112. The molecule has 6 nitrogen and oxygen atoms in total. The normalized spacial score (nSPS) is 10.1. The van der Waals surface area contributed by atoms with Crippen LogP contribution in [0.5, 0.6) is 5.75 Å². The molecule has 1 aromatic heterocycles. The second-order valence-corrected chi connectivity index (χ2v) is 4.79. The van der Waals surface area contributed by atoms with E-state index in [1.165, 1.54) is 18.3 Å². The summed E-state index contributed by atoms with van der Waals surface area (Å²) in [4.78, 5) is 25.0. The summed E-state index contributed by atoms with van der Waals surface area (Å²) < 4.78 is 6.16. The Morgan fingerprint density at radius 1 is 1.40 bits per heavy atom. The van der Waals surface area contributed by atoms with Gasteiger partial charge in [-0.3, -0.25) is 14.9 Å². The standard InChI is InChI=1S/C13H9BrN2O4/c14-10-5-13(12(7-17)15-6-10)20-8-9-2-1-3-11(4-9)16(18)19/h1-7H,8H2. The summed E-state index contributed by atoms with van der Waals surface area (Å²) in [7, 11) is 0. The van der Waals surface area contributed by atoms with Crippen LogP contribution in [0.1, 0.15) is 16.1 Å². The van der Waals surface area contributed by atoms with Crippen LogP contribution in [-0.4, -0.2) is 16.2 Å². The van der Waals surface area contributed by atoms with E-state index in [0.29, 0.717) is 22.1 Å². The van der Waals surface area contributed by atoms with Gasteiger partial charge in [-0.05, 0) is 27.6 Å². The van der Waals surface area contributed by atoms with Crippen LogP contribution in [0, 0.1) is 10.1 Å². The third-order valence-corrected chi connectivity index (χ3v) is 2.91. The number of ether oxygens (including phenoxy) is 1. The van der Waals surface area contributed by atoms with Crippen LogP contribution in [0.2, 0.25) is 0 Å². The number of pyridine rings is 1. The highest BCUT2D eigenvalue weighted by atomic mass is 79.9. The molecule has 2 rings (SSSR count). The van der Waals surface area contributed by atoms with Crippen molar-refractivity contribution in [3.63, 3.8) is 0 Å². The Bertz CT molecular complexity index is 661. The van der Waals surface area contributed by atoms with Crippen molar-refractivity contribution in [3.8, 4) is 5.75 Å². The smallest absolute Gasteiger partial charge is 0.269 e. The van der Waals surface area contributed by atoms with E-state index in [1.807, 2.05) is 0 Å². The summed E-state index contributed by atoms with van der Waals surface area (Å²) in [5, 5.41) is 10.7. The molecule has 0 aliphatic rings. The fourth-order valence-electron chi connectivity index (χ4n) is 1.56. The van der Waals surface area contributed by atoms with Gasteiger partial charge in [-0.1, -0.05) is 12.1 Å². The molecule has 0 aliphatic heterocycles. The molecule has 0 aliphatic carbocycles. The van der Waals surface area contributed by atoms with Crippen LogP contribution in [0.25, 0.3) is 0 Å². The van der Waals surface area contributed by atoms with Gasteiger partial charge in [0.1, 0.15) is 18.1 Å². The second-order valence-electron chi connectivity index (χ2n) is 3.87. The minimum atomic E-state index is -0.471. The van der Waals surface area contributed by atoms with Gasteiger partial charge in [0.25, 0.3) is 5.69 Å². The third kappa shape index (κ3) is 3.39. The maximum Gasteiger partial charge on any atom is 0.269 e. The molecule has 0 saturated heterocycles. The van der Waals surface area contributed by atoms with Gasteiger partial charge in [-0.25, -0.2) is 4.98 Å². The molecule has 0 N–H and O–H groups in total. The van der Waals surface area contributed by atoms with Crippen molar-refractivity contribution in [1.82, 2.24) is 4.98 Å². The van der Waals surface area contributed by atoms with Crippen LogP contribution in [0.15, 0.2) is 41.0 Å². The third-order valence-electron chi connectivity index (χ3n) is 2.48. The van der Waals surface area contributed by atoms with E-state index in [0.717, 1.165) is 0 Å². The van der Waals surface area contributed by atoms with Crippen molar-refractivity contribution in [2.75, 3.05) is 0 Å². The monoisotopic (exact) mass is 336 g/mol. The summed E-state index contributed by atoms with van der Waals surface area (Å²) in [5.41, 5.74) is 0.809. The molecular weight excluding hydrogens is 328 g/mol. The van der Waals surface area contributed by atoms with Crippen LogP contribution >= 0.6 is 15.9 Å². The predicted octanol–water partition coefficient (Wildman–Crippen LogP) is 3.14. The number of carbonyl (C=O) groups excluding carboxylic acids is 1. The minimum absolute atomic E-state index is 0.00548. The topological polar surface area (TPSA) is 82.3 Å². The zero-order chi connectivity index (χ0) is 14.5. The number of carbonyl (C=O) groups is 1. The first-order valence-corrected chi connectivity index (χ1v) is 6.36. The number of benzene rings is 1. The molecule has 102 valence electrons. The number of hydrogen-bond donors (Lipinski definition) is 0. The quantitative estimate of drug-likeness (QED) is 0.475. The van der Waals surface area contributed by atoms with Gasteiger partial charge in [0.15, 0.2) is 6.29 Å². The Kier molecular flexibility index (Phi) is 4.41. The Balaban J connectivity index is 2.16. The van der Waals surface area contributed by atoms with Crippen molar-refractivity contribution in [2.24, 2.45) is 0 Å². The minimum Gasteiger partial charge on any atom is -0.486 e. The predicted molar refractivity (Wildman–Crippen MR) is 74.8 cm³/mol. The van der Waals surface area contributed by atoms with E-state index in [9.17, 15) is 14.9 Å². The second kappa shape index (κ2) is 6.25. The number of hydrogen-bond acceptors (Lipinski definition) is 5. The van der Waals surface area contributed by atoms with Crippen LogP contribution in [0.4, 0.5) is 5.69 Å². The molecule has 0 bridgehead atoms. The van der Waals surface area contributed by atoms with Crippen LogP contribution < -0.4 is 4.74 Å². The fourth-order valence-corrected chi connectivity index (χ4v) is 1.87. The molecule has 20 heavy (non-hydrogen) atoms. The van der Waals surface area contributed by atoms with Crippen molar-refractivity contribution in [1.29, 1.82) is 0 Å². The number of aldehydes is 1. The average molecular weight is 337 g/mol. The van der Waals surface area contributed by atoms with Gasteiger partial charge in [-0.15, -0.1) is 0 Å². The number of nitro groups is 1. The lowest BCUT2D eigenvalue weighted by atomic mass is 10.2. The Labute approximate surface area is 122 Å². The molecule has 0 radical (unpaired) electrons. The molecule has 0 fully saturated rings. The first-order valence-electron chi connectivity index (χ1n) is 5.57. The zero-order valence-electron chi connectivity index (χ0n) is 10.2.